The zero-order valence-corrected chi connectivity index (χ0v) is 14.3. The highest BCUT2D eigenvalue weighted by atomic mass is 16.5. The summed E-state index contributed by atoms with van der Waals surface area (Å²) in [6, 6.07) is 13.5. The fourth-order valence-corrected chi connectivity index (χ4v) is 2.82. The monoisotopic (exact) mass is 336 g/mol. The van der Waals surface area contributed by atoms with Gasteiger partial charge < -0.3 is 15.0 Å². The predicted octanol–water partition coefficient (Wildman–Crippen LogP) is 3.51. The van der Waals surface area contributed by atoms with Gasteiger partial charge in [-0.15, -0.1) is 0 Å². The summed E-state index contributed by atoms with van der Waals surface area (Å²) in [4.78, 5) is 27.2. The molecule has 3 rings (SSSR count). The number of aromatic nitrogens is 1. The highest BCUT2D eigenvalue weighted by Crippen LogP contribution is 2.20. The number of hydrogen-bond donors (Lipinski definition) is 2. The molecule has 0 bridgehead atoms. The molecule has 0 fully saturated rings. The van der Waals surface area contributed by atoms with Crippen molar-refractivity contribution in [2.45, 2.75) is 20.3 Å². The summed E-state index contributed by atoms with van der Waals surface area (Å²) < 4.78 is 5.11. The Morgan fingerprint density at radius 2 is 1.76 bits per heavy atom. The summed E-state index contributed by atoms with van der Waals surface area (Å²) >= 11 is 0. The molecule has 2 aromatic carbocycles. The van der Waals surface area contributed by atoms with Crippen molar-refractivity contribution in [1.29, 1.82) is 0 Å². The van der Waals surface area contributed by atoms with Crippen molar-refractivity contribution in [3.63, 3.8) is 0 Å². The minimum atomic E-state index is -0.429. The van der Waals surface area contributed by atoms with E-state index in [2.05, 4.69) is 10.3 Å². The maximum atomic E-state index is 12.0. The zero-order valence-electron chi connectivity index (χ0n) is 14.3. The van der Waals surface area contributed by atoms with Crippen molar-refractivity contribution in [2.24, 2.45) is 0 Å². The summed E-state index contributed by atoms with van der Waals surface area (Å²) in [5.74, 6) is -0.772. The fraction of sp³-hybridized carbons (Fsp3) is 0.200. The Balaban J connectivity index is 1.56. The zero-order chi connectivity index (χ0) is 17.8. The number of amides is 1. The van der Waals surface area contributed by atoms with Crippen LogP contribution in [0.15, 0.2) is 48.7 Å². The Morgan fingerprint density at radius 3 is 2.52 bits per heavy atom. The molecular weight excluding hydrogens is 316 g/mol. The molecule has 5 heteroatoms. The smallest absolute Gasteiger partial charge is 0.310 e. The van der Waals surface area contributed by atoms with Gasteiger partial charge in [-0.1, -0.05) is 36.4 Å². The average molecular weight is 336 g/mol. The molecule has 2 N–H and O–H groups in total. The minimum absolute atomic E-state index is 0.126. The number of para-hydroxylation sites is 2. The quantitative estimate of drug-likeness (QED) is 0.701. The van der Waals surface area contributed by atoms with Crippen LogP contribution in [0.4, 0.5) is 5.69 Å². The van der Waals surface area contributed by atoms with Crippen LogP contribution < -0.4 is 5.32 Å². The first kappa shape index (κ1) is 16.8. The number of aromatic amines is 1. The summed E-state index contributed by atoms with van der Waals surface area (Å²) in [5.41, 5.74) is 4.53. The largest absolute Gasteiger partial charge is 0.455 e. The first-order valence-corrected chi connectivity index (χ1v) is 8.11. The number of H-pyrrole nitrogens is 1. The lowest BCUT2D eigenvalue weighted by atomic mass is 10.1. The van der Waals surface area contributed by atoms with Gasteiger partial charge in [0.1, 0.15) is 0 Å². The predicted molar refractivity (Wildman–Crippen MR) is 97.5 cm³/mol. The second-order valence-electron chi connectivity index (χ2n) is 6.01. The molecule has 128 valence electrons. The first-order valence-electron chi connectivity index (χ1n) is 8.11. The van der Waals surface area contributed by atoms with Crippen molar-refractivity contribution in [3.8, 4) is 0 Å². The third-order valence-corrected chi connectivity index (χ3v) is 4.12. The van der Waals surface area contributed by atoms with Gasteiger partial charge in [0, 0.05) is 22.8 Å². The van der Waals surface area contributed by atoms with Gasteiger partial charge in [0.25, 0.3) is 5.91 Å². The maximum Gasteiger partial charge on any atom is 0.310 e. The molecule has 1 aromatic heterocycles. The minimum Gasteiger partial charge on any atom is -0.455 e. The fourth-order valence-electron chi connectivity index (χ4n) is 2.82. The number of anilines is 1. The SMILES string of the molecule is Cc1cccc(C)c1NC(=O)COC(=O)Cc1c[nH]c2ccccc12. The maximum absolute atomic E-state index is 12.0. The summed E-state index contributed by atoms with van der Waals surface area (Å²) in [7, 11) is 0. The van der Waals surface area contributed by atoms with Gasteiger partial charge in [-0.05, 0) is 36.6 Å². The van der Waals surface area contributed by atoms with Crippen molar-refractivity contribution < 1.29 is 14.3 Å². The lowest BCUT2D eigenvalue weighted by molar-refractivity contribution is -0.146. The third kappa shape index (κ3) is 3.88. The van der Waals surface area contributed by atoms with Crippen molar-refractivity contribution >= 4 is 28.5 Å². The molecule has 5 nitrogen and oxygen atoms in total. The number of nitrogens with one attached hydrogen (secondary N) is 2. The molecule has 0 aliphatic carbocycles. The number of ether oxygens (including phenoxy) is 1. The molecule has 0 atom stereocenters. The number of hydrogen-bond acceptors (Lipinski definition) is 3. The van der Waals surface area contributed by atoms with Gasteiger partial charge in [-0.2, -0.15) is 0 Å². The molecule has 1 heterocycles. The lowest BCUT2D eigenvalue weighted by Gasteiger charge is -2.11. The molecule has 0 aliphatic heterocycles. The number of aryl methyl sites for hydroxylation is 2. The Labute approximate surface area is 146 Å². The van der Waals surface area contributed by atoms with Gasteiger partial charge in [-0.25, -0.2) is 0 Å². The third-order valence-electron chi connectivity index (χ3n) is 4.12. The number of esters is 1. The van der Waals surface area contributed by atoms with E-state index >= 15 is 0 Å². The van der Waals surface area contributed by atoms with Crippen LogP contribution in [0, 0.1) is 13.8 Å². The highest BCUT2D eigenvalue weighted by Gasteiger charge is 2.13. The van der Waals surface area contributed by atoms with Crippen LogP contribution in [0.1, 0.15) is 16.7 Å². The second kappa shape index (κ2) is 7.21. The van der Waals surface area contributed by atoms with Crippen LogP contribution in [0.5, 0.6) is 0 Å². The molecule has 3 aromatic rings. The number of carbonyl (C=O) groups excluding carboxylic acids is 2. The van der Waals surface area contributed by atoms with Crippen LogP contribution in [0.2, 0.25) is 0 Å². The van der Waals surface area contributed by atoms with Gasteiger partial charge in [0.2, 0.25) is 0 Å². The summed E-state index contributed by atoms with van der Waals surface area (Å²) in [6.07, 6.45) is 1.92. The molecule has 0 saturated carbocycles. The van der Waals surface area contributed by atoms with E-state index in [0.717, 1.165) is 33.3 Å². The number of rotatable bonds is 5. The molecule has 0 radical (unpaired) electrons. The van der Waals surface area contributed by atoms with Crippen molar-refractivity contribution in [3.05, 3.63) is 65.4 Å². The summed E-state index contributed by atoms with van der Waals surface area (Å²) in [6.45, 7) is 3.55. The summed E-state index contributed by atoms with van der Waals surface area (Å²) in [5, 5.41) is 3.79. The van der Waals surface area contributed by atoms with Crippen LogP contribution in [-0.2, 0) is 20.7 Å². The van der Waals surface area contributed by atoms with Crippen LogP contribution >= 0.6 is 0 Å². The Hall–Kier alpha value is -3.08. The van der Waals surface area contributed by atoms with Gasteiger partial charge in [0.15, 0.2) is 6.61 Å². The molecule has 1 amide bonds. The highest BCUT2D eigenvalue weighted by molar-refractivity contribution is 5.94. The van der Waals surface area contributed by atoms with E-state index in [0.29, 0.717) is 0 Å². The van der Waals surface area contributed by atoms with Crippen LogP contribution in [-0.4, -0.2) is 23.5 Å². The average Bonchev–Trinajstić information content (AvgIpc) is 3.00. The molecule has 25 heavy (non-hydrogen) atoms. The van der Waals surface area contributed by atoms with E-state index in [4.69, 9.17) is 4.74 Å². The number of carbonyl (C=O) groups is 2. The van der Waals surface area contributed by atoms with Crippen LogP contribution in [0.25, 0.3) is 10.9 Å². The molecule has 0 saturated heterocycles. The molecular formula is C20H20N2O3. The molecule has 0 aliphatic rings. The molecule has 0 unspecified atom stereocenters. The van der Waals surface area contributed by atoms with E-state index in [1.807, 2.05) is 56.3 Å². The van der Waals surface area contributed by atoms with Gasteiger partial charge >= 0.3 is 5.97 Å². The Morgan fingerprint density at radius 1 is 1.04 bits per heavy atom. The van der Waals surface area contributed by atoms with E-state index in [-0.39, 0.29) is 18.9 Å². The van der Waals surface area contributed by atoms with E-state index in [1.165, 1.54) is 0 Å². The van der Waals surface area contributed by atoms with Crippen molar-refractivity contribution in [2.75, 3.05) is 11.9 Å². The molecule has 0 spiro atoms. The van der Waals surface area contributed by atoms with Crippen molar-refractivity contribution in [1.82, 2.24) is 4.98 Å². The van der Waals surface area contributed by atoms with Gasteiger partial charge in [-0.3, -0.25) is 9.59 Å². The van der Waals surface area contributed by atoms with Crippen LogP contribution in [0.3, 0.4) is 0 Å². The Kier molecular flexibility index (Phi) is 4.84. The second-order valence-corrected chi connectivity index (χ2v) is 6.01. The van der Waals surface area contributed by atoms with E-state index in [1.54, 1.807) is 6.20 Å². The van der Waals surface area contributed by atoms with E-state index < -0.39 is 5.97 Å². The first-order chi connectivity index (χ1) is 12.0. The standard InChI is InChI=1S/C20H20N2O3/c1-13-6-5-7-14(2)20(13)22-18(23)12-25-19(24)10-15-11-21-17-9-4-3-8-16(15)17/h3-9,11,21H,10,12H2,1-2H3,(H,22,23). The lowest BCUT2D eigenvalue weighted by Crippen LogP contribution is -2.22. The Bertz CT molecular complexity index is 907. The normalized spacial score (nSPS) is 10.6. The van der Waals surface area contributed by atoms with Gasteiger partial charge in [0.05, 0.1) is 6.42 Å². The topological polar surface area (TPSA) is 71.2 Å². The number of benzene rings is 2. The number of fused-ring (bicyclic) bond motifs is 1. The van der Waals surface area contributed by atoms with E-state index in [9.17, 15) is 9.59 Å².